The highest BCUT2D eigenvalue weighted by Gasteiger charge is 2.43. The van der Waals surface area contributed by atoms with Crippen molar-refractivity contribution in [3.05, 3.63) is 23.9 Å². The fourth-order valence-corrected chi connectivity index (χ4v) is 4.47. The summed E-state index contributed by atoms with van der Waals surface area (Å²) in [4.78, 5) is 15.7. The van der Waals surface area contributed by atoms with Crippen molar-refractivity contribution < 1.29 is 37.3 Å². The molecular weight excluding hydrogens is 443 g/mol. The summed E-state index contributed by atoms with van der Waals surface area (Å²) in [5.41, 5.74) is 0.556. The third kappa shape index (κ3) is 7.55. The van der Waals surface area contributed by atoms with E-state index < -0.39 is 12.1 Å². The Morgan fingerprint density at radius 2 is 2.03 bits per heavy atom. The van der Waals surface area contributed by atoms with E-state index >= 15 is 0 Å². The number of fused-ring (bicyclic) bond motifs is 1. The van der Waals surface area contributed by atoms with Gasteiger partial charge in [-0.1, -0.05) is 0 Å². The van der Waals surface area contributed by atoms with E-state index in [-0.39, 0.29) is 0 Å². The maximum Gasteiger partial charge on any atom is 0.490 e. The molecule has 0 aliphatic carbocycles. The van der Waals surface area contributed by atoms with Crippen LogP contribution in [0.25, 0.3) is 0 Å². The summed E-state index contributed by atoms with van der Waals surface area (Å²) >= 11 is 0. The summed E-state index contributed by atoms with van der Waals surface area (Å²) in [6.45, 7) is 6.77. The number of pyridine rings is 1. The minimum Gasteiger partial charge on any atom is -0.478 e. The third-order valence-corrected chi connectivity index (χ3v) is 6.22. The van der Waals surface area contributed by atoms with Crippen LogP contribution in [0.5, 0.6) is 5.88 Å². The second-order valence-corrected chi connectivity index (χ2v) is 8.51. The number of carboxylic acids is 1. The van der Waals surface area contributed by atoms with Crippen molar-refractivity contribution in [3.63, 3.8) is 0 Å². The lowest BCUT2D eigenvalue weighted by Gasteiger charge is -2.27. The van der Waals surface area contributed by atoms with E-state index in [4.69, 9.17) is 29.4 Å². The van der Waals surface area contributed by atoms with Crippen molar-refractivity contribution in [2.24, 2.45) is 17.8 Å². The number of nitrogens with zero attached hydrogens (tertiary/aromatic N) is 3. The Kier molecular flexibility index (Phi) is 8.88. The minimum atomic E-state index is -5.08. The van der Waals surface area contributed by atoms with E-state index in [1.54, 1.807) is 18.3 Å². The molecule has 3 aliphatic heterocycles. The highest BCUT2D eigenvalue weighted by molar-refractivity contribution is 5.73. The number of halogens is 3. The van der Waals surface area contributed by atoms with Gasteiger partial charge in [-0.3, -0.25) is 0 Å². The Morgan fingerprint density at radius 3 is 2.64 bits per heavy atom. The molecule has 0 unspecified atom stereocenters. The number of ether oxygens (including phenoxy) is 3. The number of alkyl halides is 3. The lowest BCUT2D eigenvalue weighted by Crippen LogP contribution is -2.32. The summed E-state index contributed by atoms with van der Waals surface area (Å²) in [7, 11) is 0. The Labute approximate surface area is 190 Å². The molecule has 0 spiro atoms. The third-order valence-electron chi connectivity index (χ3n) is 6.22. The summed E-state index contributed by atoms with van der Waals surface area (Å²) in [6, 6.07) is 5.57. The van der Waals surface area contributed by atoms with Gasteiger partial charge in [-0.15, -0.1) is 0 Å². The molecule has 1 aromatic heterocycles. The molecule has 1 aromatic rings. The molecule has 3 fully saturated rings. The van der Waals surface area contributed by atoms with Crippen molar-refractivity contribution in [1.29, 1.82) is 5.26 Å². The predicted octanol–water partition coefficient (Wildman–Crippen LogP) is 2.73. The van der Waals surface area contributed by atoms with Crippen molar-refractivity contribution >= 4 is 5.97 Å². The molecule has 1 N–H and O–H groups in total. The van der Waals surface area contributed by atoms with Crippen LogP contribution in [0.15, 0.2) is 18.3 Å². The molecule has 3 saturated heterocycles. The maximum atomic E-state index is 10.6. The van der Waals surface area contributed by atoms with Crippen LogP contribution in [0.1, 0.15) is 24.8 Å². The van der Waals surface area contributed by atoms with E-state index in [0.717, 1.165) is 45.2 Å². The summed E-state index contributed by atoms with van der Waals surface area (Å²) in [5, 5.41) is 15.9. The van der Waals surface area contributed by atoms with Gasteiger partial charge in [0, 0.05) is 51.0 Å². The molecule has 0 aromatic carbocycles. The first-order valence-electron chi connectivity index (χ1n) is 11.0. The lowest BCUT2D eigenvalue weighted by atomic mass is 9.91. The van der Waals surface area contributed by atoms with Crippen molar-refractivity contribution in [2.45, 2.75) is 31.5 Å². The molecule has 182 valence electrons. The number of hydrogen-bond donors (Lipinski definition) is 1. The summed E-state index contributed by atoms with van der Waals surface area (Å²) < 4.78 is 49.0. The number of carbonyl (C=O) groups is 1. The van der Waals surface area contributed by atoms with Crippen LogP contribution in [-0.4, -0.2) is 79.3 Å². The van der Waals surface area contributed by atoms with E-state index in [0.29, 0.717) is 36.0 Å². The van der Waals surface area contributed by atoms with Gasteiger partial charge in [0.15, 0.2) is 0 Å². The van der Waals surface area contributed by atoms with Gasteiger partial charge < -0.3 is 24.2 Å². The van der Waals surface area contributed by atoms with Gasteiger partial charge in [0.2, 0.25) is 5.88 Å². The Balaban J connectivity index is 0.000000383. The van der Waals surface area contributed by atoms with Gasteiger partial charge in [-0.2, -0.15) is 18.4 Å². The van der Waals surface area contributed by atoms with Gasteiger partial charge in [0.05, 0.1) is 24.9 Å². The van der Waals surface area contributed by atoms with Crippen LogP contribution in [0, 0.1) is 29.1 Å². The molecule has 0 saturated carbocycles. The summed E-state index contributed by atoms with van der Waals surface area (Å²) in [6.07, 6.45) is 0.250. The Bertz CT molecular complexity index is 809. The molecule has 4 rings (SSSR count). The zero-order chi connectivity index (χ0) is 23.8. The number of rotatable bonds is 6. The van der Waals surface area contributed by atoms with Gasteiger partial charge in [0.1, 0.15) is 6.07 Å². The monoisotopic (exact) mass is 471 g/mol. The second kappa shape index (κ2) is 11.6. The highest BCUT2D eigenvalue weighted by atomic mass is 19.4. The second-order valence-electron chi connectivity index (χ2n) is 8.51. The number of aromatic nitrogens is 1. The topological polar surface area (TPSA) is 105 Å². The molecule has 0 bridgehead atoms. The van der Waals surface area contributed by atoms with E-state index in [1.165, 1.54) is 19.4 Å². The Morgan fingerprint density at radius 1 is 1.30 bits per heavy atom. The zero-order valence-corrected chi connectivity index (χ0v) is 18.2. The smallest absolute Gasteiger partial charge is 0.478 e. The quantitative estimate of drug-likeness (QED) is 0.675. The molecule has 8 nitrogen and oxygen atoms in total. The minimum absolute atomic E-state index is 0.396. The van der Waals surface area contributed by atoms with Gasteiger partial charge in [0.25, 0.3) is 0 Å². The van der Waals surface area contributed by atoms with Crippen LogP contribution in [0.2, 0.25) is 0 Å². The molecule has 0 amide bonds. The lowest BCUT2D eigenvalue weighted by molar-refractivity contribution is -0.192. The molecule has 33 heavy (non-hydrogen) atoms. The van der Waals surface area contributed by atoms with Gasteiger partial charge >= 0.3 is 12.1 Å². The van der Waals surface area contributed by atoms with Crippen LogP contribution in [0.4, 0.5) is 13.2 Å². The normalized spacial score (nSPS) is 25.6. The first kappa shape index (κ1) is 25.2. The van der Waals surface area contributed by atoms with Crippen molar-refractivity contribution in [3.8, 4) is 11.9 Å². The average molecular weight is 471 g/mol. The summed E-state index contributed by atoms with van der Waals surface area (Å²) in [5.74, 6) is -0.184. The SMILES string of the molecule is N#Cc1ccc(OCC[C@H]2CO[C@H]3CN(CC4CCOCC4)C[C@@H]23)nc1.O=C(O)C(F)(F)F. The van der Waals surface area contributed by atoms with Crippen LogP contribution < -0.4 is 4.74 Å². The molecular formula is C22H28F3N3O5. The van der Waals surface area contributed by atoms with E-state index in [2.05, 4.69) is 16.0 Å². The first-order chi connectivity index (χ1) is 15.8. The largest absolute Gasteiger partial charge is 0.490 e. The number of likely N-dealkylation sites (tertiary alicyclic amines) is 1. The molecule has 4 heterocycles. The first-order valence-corrected chi connectivity index (χ1v) is 11.0. The number of hydrogen-bond acceptors (Lipinski definition) is 7. The average Bonchev–Trinajstić information content (AvgIpc) is 3.35. The van der Waals surface area contributed by atoms with E-state index in [1.807, 2.05) is 0 Å². The number of carboxylic acid groups (broad SMARTS) is 1. The van der Waals surface area contributed by atoms with Gasteiger partial charge in [-0.05, 0) is 37.2 Å². The molecule has 3 aliphatic rings. The predicted molar refractivity (Wildman–Crippen MR) is 109 cm³/mol. The number of aliphatic carboxylic acids is 1. The fourth-order valence-electron chi connectivity index (χ4n) is 4.47. The molecule has 3 atom stereocenters. The van der Waals surface area contributed by atoms with Crippen LogP contribution in [0.3, 0.4) is 0 Å². The standard InChI is InChI=1S/C20H27N3O3.C2HF3O2/c21-9-16-1-2-20(22-10-16)25-8-5-17-14-26-19-13-23(12-18(17)19)11-15-3-6-24-7-4-15;3-2(4,5)1(6)7/h1-2,10,15,17-19H,3-8,11-14H2;(H,6,7)/t17-,18-,19-;/m0./s1. The maximum absolute atomic E-state index is 10.6. The highest BCUT2D eigenvalue weighted by Crippen LogP contribution is 2.36. The van der Waals surface area contributed by atoms with Crippen molar-refractivity contribution in [1.82, 2.24) is 9.88 Å². The van der Waals surface area contributed by atoms with Gasteiger partial charge in [-0.25, -0.2) is 9.78 Å². The molecule has 11 heteroatoms. The van der Waals surface area contributed by atoms with Crippen LogP contribution in [-0.2, 0) is 14.3 Å². The number of nitriles is 1. The van der Waals surface area contributed by atoms with E-state index in [9.17, 15) is 13.2 Å². The molecule has 0 radical (unpaired) electrons. The fraction of sp³-hybridized carbons (Fsp3) is 0.682. The van der Waals surface area contributed by atoms with Crippen LogP contribution >= 0.6 is 0 Å². The van der Waals surface area contributed by atoms with Crippen molar-refractivity contribution in [2.75, 3.05) is 46.1 Å². The zero-order valence-electron chi connectivity index (χ0n) is 18.2. The Hall–Kier alpha value is -2.42.